The second-order valence-corrected chi connectivity index (χ2v) is 5.67. The van der Waals surface area contributed by atoms with Gasteiger partial charge in [-0.3, -0.25) is 0 Å². The molecule has 0 amide bonds. The van der Waals surface area contributed by atoms with Crippen LogP contribution in [0.5, 0.6) is 0 Å². The highest BCUT2D eigenvalue weighted by Gasteiger charge is 2.36. The topological polar surface area (TPSA) is 50.7 Å². The van der Waals surface area contributed by atoms with E-state index in [4.69, 9.17) is 9.39 Å². The van der Waals surface area contributed by atoms with Gasteiger partial charge >= 0.3 is 7.48 Å². The monoisotopic (exact) mass is 318 g/mol. The van der Waals surface area contributed by atoms with E-state index in [2.05, 4.69) is 5.32 Å². The first kappa shape index (κ1) is 20.9. The number of aliphatic hydroxyl groups is 1. The standard InChI is InChI=1S/C13H21BF2NO3.C2H6/c1-12(2,18)13(3,4)20-14-8-6-9(11(15)16)17-7-10(8)19-5;1-2/h6-7,9,11,17-18H,1-5H3;1-2H3. The minimum Gasteiger partial charge on any atom is -0.496 e. The average Bonchev–Trinajstić information content (AvgIpc) is 2.45. The summed E-state index contributed by atoms with van der Waals surface area (Å²) in [5.74, 6) is 0.397. The van der Waals surface area contributed by atoms with Crippen molar-refractivity contribution in [2.75, 3.05) is 7.11 Å². The van der Waals surface area contributed by atoms with Crippen molar-refractivity contribution in [2.45, 2.75) is 65.2 Å². The van der Waals surface area contributed by atoms with E-state index in [9.17, 15) is 13.9 Å². The third-order valence-electron chi connectivity index (χ3n) is 3.50. The fourth-order valence-corrected chi connectivity index (χ4v) is 1.35. The van der Waals surface area contributed by atoms with Crippen LogP contribution in [0.3, 0.4) is 0 Å². The van der Waals surface area contributed by atoms with E-state index < -0.39 is 23.7 Å². The predicted octanol–water partition coefficient (Wildman–Crippen LogP) is 2.81. The second kappa shape index (κ2) is 8.53. The maximum absolute atomic E-state index is 12.7. The number of hydrogen-bond acceptors (Lipinski definition) is 4. The summed E-state index contributed by atoms with van der Waals surface area (Å²) >= 11 is 0. The molecule has 1 rings (SSSR count). The Morgan fingerprint density at radius 2 is 1.82 bits per heavy atom. The molecule has 0 aliphatic carbocycles. The quantitative estimate of drug-likeness (QED) is 0.740. The van der Waals surface area contributed by atoms with Crippen LogP contribution in [0.15, 0.2) is 23.5 Å². The van der Waals surface area contributed by atoms with E-state index in [1.54, 1.807) is 27.7 Å². The van der Waals surface area contributed by atoms with E-state index in [1.807, 2.05) is 13.8 Å². The molecule has 1 unspecified atom stereocenters. The van der Waals surface area contributed by atoms with Gasteiger partial charge in [0.15, 0.2) is 0 Å². The summed E-state index contributed by atoms with van der Waals surface area (Å²) in [5, 5.41) is 12.5. The molecule has 1 aliphatic rings. The zero-order chi connectivity index (χ0) is 17.6. The van der Waals surface area contributed by atoms with Gasteiger partial charge in [0, 0.05) is 6.20 Å². The molecule has 0 fully saturated rings. The molecule has 0 saturated heterocycles. The average molecular weight is 318 g/mol. The van der Waals surface area contributed by atoms with Crippen LogP contribution in [0, 0.1) is 0 Å². The Morgan fingerprint density at radius 3 is 2.23 bits per heavy atom. The summed E-state index contributed by atoms with van der Waals surface area (Å²) in [7, 11) is 2.78. The van der Waals surface area contributed by atoms with Crippen molar-refractivity contribution in [2.24, 2.45) is 0 Å². The third kappa shape index (κ3) is 5.61. The molecular formula is C15H27BF2NO3. The van der Waals surface area contributed by atoms with Crippen LogP contribution in [-0.4, -0.2) is 43.4 Å². The Balaban J connectivity index is 0.00000211. The molecule has 0 bridgehead atoms. The molecule has 1 atom stereocenters. The lowest BCUT2D eigenvalue weighted by Gasteiger charge is -2.38. The summed E-state index contributed by atoms with van der Waals surface area (Å²) in [5.41, 5.74) is -1.55. The van der Waals surface area contributed by atoms with E-state index in [0.717, 1.165) is 0 Å². The van der Waals surface area contributed by atoms with Crippen molar-refractivity contribution >= 4 is 7.48 Å². The highest BCUT2D eigenvalue weighted by molar-refractivity contribution is 6.40. The lowest BCUT2D eigenvalue weighted by atomic mass is 9.79. The van der Waals surface area contributed by atoms with Crippen LogP contribution >= 0.6 is 0 Å². The van der Waals surface area contributed by atoms with E-state index >= 15 is 0 Å². The zero-order valence-corrected chi connectivity index (χ0v) is 14.4. The van der Waals surface area contributed by atoms with Crippen molar-refractivity contribution in [1.29, 1.82) is 0 Å². The van der Waals surface area contributed by atoms with Crippen molar-refractivity contribution in [3.05, 3.63) is 23.5 Å². The molecule has 1 radical (unpaired) electrons. The molecule has 0 aromatic carbocycles. The summed E-state index contributed by atoms with van der Waals surface area (Å²) in [6, 6.07) is -1.09. The van der Waals surface area contributed by atoms with E-state index in [-0.39, 0.29) is 0 Å². The normalized spacial score (nSPS) is 18.6. The zero-order valence-electron chi connectivity index (χ0n) is 14.4. The molecular weight excluding hydrogens is 291 g/mol. The molecule has 1 aliphatic heterocycles. The summed E-state index contributed by atoms with van der Waals surface area (Å²) < 4.78 is 36.1. The van der Waals surface area contributed by atoms with Crippen molar-refractivity contribution in [1.82, 2.24) is 5.32 Å². The number of dihydropyridines is 1. The maximum Gasteiger partial charge on any atom is 0.334 e. The van der Waals surface area contributed by atoms with Gasteiger partial charge in [-0.15, -0.1) is 0 Å². The number of methoxy groups -OCH3 is 1. The summed E-state index contributed by atoms with van der Waals surface area (Å²) in [4.78, 5) is 0. The van der Waals surface area contributed by atoms with E-state index in [0.29, 0.717) is 11.2 Å². The minimum atomic E-state index is -2.53. The SMILES string of the molecule is CC.COC1=CNC(C(F)F)C=C1[B]OC(C)(C)C(C)(C)O. The molecule has 0 aromatic rings. The highest BCUT2D eigenvalue weighted by Crippen LogP contribution is 2.26. The first-order chi connectivity index (χ1) is 10.1. The highest BCUT2D eigenvalue weighted by atomic mass is 19.3. The van der Waals surface area contributed by atoms with Gasteiger partial charge in [-0.2, -0.15) is 0 Å². The van der Waals surface area contributed by atoms with Crippen LogP contribution in [0.2, 0.25) is 0 Å². The van der Waals surface area contributed by atoms with Crippen LogP contribution in [-0.2, 0) is 9.39 Å². The third-order valence-corrected chi connectivity index (χ3v) is 3.50. The van der Waals surface area contributed by atoms with Gasteiger partial charge in [-0.05, 0) is 33.2 Å². The summed E-state index contributed by atoms with van der Waals surface area (Å²) in [6.45, 7) is 10.7. The minimum absolute atomic E-state index is 0.397. The molecule has 22 heavy (non-hydrogen) atoms. The molecule has 0 spiro atoms. The Hall–Kier alpha value is -1.08. The Kier molecular flexibility index (Phi) is 8.11. The fraction of sp³-hybridized carbons (Fsp3) is 0.733. The largest absolute Gasteiger partial charge is 0.496 e. The van der Waals surface area contributed by atoms with E-state index in [1.165, 1.54) is 26.9 Å². The van der Waals surface area contributed by atoms with Crippen LogP contribution in [0.4, 0.5) is 8.78 Å². The predicted molar refractivity (Wildman–Crippen MR) is 84.7 cm³/mol. The van der Waals surface area contributed by atoms with Gasteiger partial charge in [-0.1, -0.05) is 19.9 Å². The van der Waals surface area contributed by atoms with Gasteiger partial charge in [0.05, 0.1) is 18.3 Å². The molecule has 1 heterocycles. The van der Waals surface area contributed by atoms with Gasteiger partial charge in [0.25, 0.3) is 6.43 Å². The molecule has 2 N–H and O–H groups in total. The number of nitrogens with one attached hydrogen (secondary N) is 1. The second-order valence-electron chi connectivity index (χ2n) is 5.67. The van der Waals surface area contributed by atoms with Gasteiger partial charge < -0.3 is 19.8 Å². The van der Waals surface area contributed by atoms with Gasteiger partial charge in [0.1, 0.15) is 11.8 Å². The number of allylic oxidation sites excluding steroid dienone is 1. The smallest absolute Gasteiger partial charge is 0.334 e. The molecule has 127 valence electrons. The first-order valence-corrected chi connectivity index (χ1v) is 7.32. The number of rotatable bonds is 6. The number of alkyl halides is 2. The number of halogens is 2. The Labute approximate surface area is 132 Å². The van der Waals surface area contributed by atoms with Crippen LogP contribution in [0.1, 0.15) is 41.5 Å². The number of ether oxygens (including phenoxy) is 1. The van der Waals surface area contributed by atoms with Gasteiger partial charge in [-0.25, -0.2) is 8.78 Å². The molecule has 4 nitrogen and oxygen atoms in total. The Bertz CT molecular complexity index is 404. The van der Waals surface area contributed by atoms with Gasteiger partial charge in [0.2, 0.25) is 0 Å². The number of hydrogen-bond donors (Lipinski definition) is 2. The molecule has 7 heteroatoms. The van der Waals surface area contributed by atoms with Crippen LogP contribution in [0.25, 0.3) is 0 Å². The maximum atomic E-state index is 12.7. The van der Waals surface area contributed by atoms with Crippen molar-refractivity contribution in [3.8, 4) is 0 Å². The summed E-state index contributed by atoms with van der Waals surface area (Å²) in [6.07, 6.45) is 0.183. The lowest BCUT2D eigenvalue weighted by Crippen LogP contribution is -2.48. The van der Waals surface area contributed by atoms with Crippen molar-refractivity contribution < 1.29 is 23.3 Å². The van der Waals surface area contributed by atoms with Crippen molar-refractivity contribution in [3.63, 3.8) is 0 Å². The Morgan fingerprint density at radius 1 is 1.27 bits per heavy atom. The molecule has 0 aromatic heterocycles. The molecule has 0 saturated carbocycles. The van der Waals surface area contributed by atoms with Crippen LogP contribution < -0.4 is 5.32 Å². The first-order valence-electron chi connectivity index (χ1n) is 7.32. The fourth-order valence-electron chi connectivity index (χ4n) is 1.35. The lowest BCUT2D eigenvalue weighted by molar-refractivity contribution is -0.0897.